The Morgan fingerprint density at radius 3 is 2.50 bits per heavy atom. The molecule has 0 radical (unpaired) electrons. The van der Waals surface area contributed by atoms with Crippen LogP contribution in [0.1, 0.15) is 26.7 Å². The summed E-state index contributed by atoms with van der Waals surface area (Å²) in [5, 5.41) is 0. The van der Waals surface area contributed by atoms with Crippen molar-refractivity contribution in [1.29, 1.82) is 0 Å². The molecule has 0 aromatic heterocycles. The zero-order valence-corrected chi connectivity index (χ0v) is 6.78. The molecule has 0 saturated heterocycles. The van der Waals surface area contributed by atoms with E-state index in [0.717, 1.165) is 12.8 Å². The molecule has 0 bridgehead atoms. The minimum atomic E-state index is 0.316. The molecule has 1 nitrogen and oxygen atoms in total. The molecule has 0 spiro atoms. The maximum absolute atomic E-state index is 5.78. The summed E-state index contributed by atoms with van der Waals surface area (Å²) in [6, 6.07) is 0.316. The van der Waals surface area contributed by atoms with Gasteiger partial charge in [0, 0.05) is 6.04 Å². The van der Waals surface area contributed by atoms with Gasteiger partial charge in [0.1, 0.15) is 0 Å². The zero-order chi connectivity index (χ0) is 7.72. The Morgan fingerprint density at radius 2 is 2.00 bits per heavy atom. The van der Waals surface area contributed by atoms with Crippen LogP contribution in [0.5, 0.6) is 0 Å². The molecule has 1 aliphatic rings. The third kappa shape index (κ3) is 1.29. The summed E-state index contributed by atoms with van der Waals surface area (Å²) in [4.78, 5) is 0. The first-order valence-corrected chi connectivity index (χ1v) is 3.71. The molecule has 0 fully saturated rings. The number of nitrogens with two attached hydrogens (primary N) is 1. The second-order valence-corrected chi connectivity index (χ2v) is 3.18. The van der Waals surface area contributed by atoms with E-state index in [1.54, 1.807) is 0 Å². The average Bonchev–Trinajstić information content (AvgIpc) is 1.82. The number of hydrogen-bond donors (Lipinski definition) is 1. The topological polar surface area (TPSA) is 26.0 Å². The molecule has 1 unspecified atom stereocenters. The van der Waals surface area contributed by atoms with Crippen LogP contribution < -0.4 is 5.73 Å². The Balaban J connectivity index is 2.85. The monoisotopic (exact) mass is 137 g/mol. The standard InChI is InChI=1S/C9H15N/c1-6-4-9(10)5-7(2)8(6)3/h9H,1,4-5,10H2,2-3H3. The van der Waals surface area contributed by atoms with Gasteiger partial charge in [-0.25, -0.2) is 0 Å². The summed E-state index contributed by atoms with van der Waals surface area (Å²) in [5.41, 5.74) is 9.77. The van der Waals surface area contributed by atoms with E-state index in [1.807, 2.05) is 0 Å². The zero-order valence-electron chi connectivity index (χ0n) is 6.78. The van der Waals surface area contributed by atoms with Gasteiger partial charge in [-0.15, -0.1) is 0 Å². The van der Waals surface area contributed by atoms with Gasteiger partial charge in [0.25, 0.3) is 0 Å². The van der Waals surface area contributed by atoms with Gasteiger partial charge in [-0.05, 0) is 32.3 Å². The van der Waals surface area contributed by atoms with Gasteiger partial charge in [-0.1, -0.05) is 17.7 Å². The lowest BCUT2D eigenvalue weighted by Crippen LogP contribution is -2.24. The van der Waals surface area contributed by atoms with Crippen molar-refractivity contribution in [3.63, 3.8) is 0 Å². The molecule has 0 heterocycles. The molecular formula is C9H15N. The SMILES string of the molecule is C=C1CC(N)CC(C)=C1C. The summed E-state index contributed by atoms with van der Waals surface area (Å²) < 4.78 is 0. The van der Waals surface area contributed by atoms with Crippen LogP contribution in [0.4, 0.5) is 0 Å². The minimum Gasteiger partial charge on any atom is -0.327 e. The van der Waals surface area contributed by atoms with Crippen molar-refractivity contribution in [2.24, 2.45) is 5.73 Å². The lowest BCUT2D eigenvalue weighted by molar-refractivity contribution is 0.633. The summed E-state index contributed by atoms with van der Waals surface area (Å²) >= 11 is 0. The van der Waals surface area contributed by atoms with Gasteiger partial charge < -0.3 is 5.73 Å². The molecule has 0 aromatic rings. The third-order valence-corrected chi connectivity index (χ3v) is 2.25. The molecule has 2 N–H and O–H groups in total. The average molecular weight is 137 g/mol. The van der Waals surface area contributed by atoms with Crippen molar-refractivity contribution in [1.82, 2.24) is 0 Å². The summed E-state index contributed by atoms with van der Waals surface area (Å²) in [5.74, 6) is 0. The van der Waals surface area contributed by atoms with E-state index in [1.165, 1.54) is 16.7 Å². The van der Waals surface area contributed by atoms with Crippen LogP contribution >= 0.6 is 0 Å². The predicted molar refractivity (Wildman–Crippen MR) is 44.7 cm³/mol. The highest BCUT2D eigenvalue weighted by molar-refractivity contribution is 5.34. The van der Waals surface area contributed by atoms with Gasteiger partial charge in [0.05, 0.1) is 0 Å². The van der Waals surface area contributed by atoms with E-state index in [9.17, 15) is 0 Å². The smallest absolute Gasteiger partial charge is 0.0117 e. The van der Waals surface area contributed by atoms with E-state index >= 15 is 0 Å². The lowest BCUT2D eigenvalue weighted by atomic mass is 9.87. The van der Waals surface area contributed by atoms with Gasteiger partial charge in [-0.3, -0.25) is 0 Å². The van der Waals surface area contributed by atoms with Crippen molar-refractivity contribution in [3.05, 3.63) is 23.3 Å². The number of allylic oxidation sites excluding steroid dienone is 1. The van der Waals surface area contributed by atoms with Crippen LogP contribution in [0.25, 0.3) is 0 Å². The van der Waals surface area contributed by atoms with E-state index in [4.69, 9.17) is 5.73 Å². The molecule has 0 aliphatic heterocycles. The lowest BCUT2D eigenvalue weighted by Gasteiger charge is -2.22. The van der Waals surface area contributed by atoms with Crippen molar-refractivity contribution in [2.45, 2.75) is 32.7 Å². The van der Waals surface area contributed by atoms with Crippen LogP contribution in [-0.2, 0) is 0 Å². The molecule has 0 aromatic carbocycles. The highest BCUT2D eigenvalue weighted by Crippen LogP contribution is 2.26. The normalized spacial score (nSPS) is 27.5. The fraction of sp³-hybridized carbons (Fsp3) is 0.556. The van der Waals surface area contributed by atoms with Gasteiger partial charge in [0.15, 0.2) is 0 Å². The first-order chi connectivity index (χ1) is 4.61. The van der Waals surface area contributed by atoms with Crippen molar-refractivity contribution < 1.29 is 0 Å². The highest BCUT2D eigenvalue weighted by Gasteiger charge is 2.14. The molecule has 56 valence electrons. The summed E-state index contributed by atoms with van der Waals surface area (Å²) in [6.07, 6.45) is 2.02. The number of rotatable bonds is 0. The Labute approximate surface area is 62.6 Å². The van der Waals surface area contributed by atoms with E-state index in [0.29, 0.717) is 6.04 Å². The second kappa shape index (κ2) is 2.59. The Kier molecular flexibility index (Phi) is 1.95. The van der Waals surface area contributed by atoms with Crippen molar-refractivity contribution in [3.8, 4) is 0 Å². The van der Waals surface area contributed by atoms with Crippen LogP contribution in [0.15, 0.2) is 23.3 Å². The van der Waals surface area contributed by atoms with E-state index in [-0.39, 0.29) is 0 Å². The van der Waals surface area contributed by atoms with Crippen molar-refractivity contribution in [2.75, 3.05) is 0 Å². The molecule has 1 atom stereocenters. The fourth-order valence-corrected chi connectivity index (χ4v) is 1.39. The predicted octanol–water partition coefficient (Wildman–Crippen LogP) is 2.00. The van der Waals surface area contributed by atoms with E-state index in [2.05, 4.69) is 20.4 Å². The van der Waals surface area contributed by atoms with Gasteiger partial charge in [-0.2, -0.15) is 0 Å². The molecular weight excluding hydrogens is 122 g/mol. The largest absolute Gasteiger partial charge is 0.327 e. The number of hydrogen-bond acceptors (Lipinski definition) is 1. The molecule has 10 heavy (non-hydrogen) atoms. The maximum Gasteiger partial charge on any atom is 0.0117 e. The van der Waals surface area contributed by atoms with Crippen molar-refractivity contribution >= 4 is 0 Å². The molecule has 0 saturated carbocycles. The van der Waals surface area contributed by atoms with Crippen LogP contribution in [0, 0.1) is 0 Å². The Morgan fingerprint density at radius 1 is 1.40 bits per heavy atom. The molecule has 0 amide bonds. The second-order valence-electron chi connectivity index (χ2n) is 3.18. The van der Waals surface area contributed by atoms with Gasteiger partial charge >= 0.3 is 0 Å². The summed E-state index contributed by atoms with van der Waals surface area (Å²) in [6.45, 7) is 8.23. The maximum atomic E-state index is 5.78. The van der Waals surface area contributed by atoms with Crippen LogP contribution in [0.2, 0.25) is 0 Å². The van der Waals surface area contributed by atoms with Gasteiger partial charge in [0.2, 0.25) is 0 Å². The summed E-state index contributed by atoms with van der Waals surface area (Å²) in [7, 11) is 0. The Bertz CT molecular complexity index is 189. The minimum absolute atomic E-state index is 0.316. The first-order valence-electron chi connectivity index (χ1n) is 3.71. The molecule has 1 aliphatic carbocycles. The Hall–Kier alpha value is -0.560. The van der Waals surface area contributed by atoms with Crippen LogP contribution in [0.3, 0.4) is 0 Å². The van der Waals surface area contributed by atoms with Crippen LogP contribution in [-0.4, -0.2) is 6.04 Å². The quantitative estimate of drug-likeness (QED) is 0.543. The fourth-order valence-electron chi connectivity index (χ4n) is 1.39. The highest BCUT2D eigenvalue weighted by atomic mass is 14.6. The first kappa shape index (κ1) is 7.55. The molecule has 1 rings (SSSR count). The third-order valence-electron chi connectivity index (χ3n) is 2.25. The molecule has 1 heteroatoms. The van der Waals surface area contributed by atoms with E-state index < -0.39 is 0 Å².